The van der Waals surface area contributed by atoms with Gasteiger partial charge >= 0.3 is 0 Å². The second-order valence-corrected chi connectivity index (χ2v) is 3.96. The summed E-state index contributed by atoms with van der Waals surface area (Å²) in [6, 6.07) is 5.98. The van der Waals surface area contributed by atoms with Gasteiger partial charge in [-0.3, -0.25) is 0 Å². The van der Waals surface area contributed by atoms with Gasteiger partial charge in [-0.1, -0.05) is 30.6 Å². The topological polar surface area (TPSA) is 48.8 Å². The summed E-state index contributed by atoms with van der Waals surface area (Å²) in [6.45, 7) is 6.37. The number of hydrogen-bond donors (Lipinski definition) is 0. The summed E-state index contributed by atoms with van der Waals surface area (Å²) in [5.41, 5.74) is 11.4. The maximum absolute atomic E-state index is 8.34. The van der Waals surface area contributed by atoms with Crippen LogP contribution in [0.2, 0.25) is 0 Å². The lowest BCUT2D eigenvalue weighted by atomic mass is 10.0. The normalized spacial score (nSPS) is 10.0. The van der Waals surface area contributed by atoms with Crippen molar-refractivity contribution in [1.29, 1.82) is 0 Å². The van der Waals surface area contributed by atoms with E-state index in [9.17, 15) is 0 Å². The van der Waals surface area contributed by atoms with Crippen molar-refractivity contribution >= 4 is 5.69 Å². The molecule has 0 saturated heterocycles. The quantitative estimate of drug-likeness (QED) is 0.390. The van der Waals surface area contributed by atoms with Gasteiger partial charge in [-0.25, -0.2) is 0 Å². The van der Waals surface area contributed by atoms with Crippen molar-refractivity contribution in [1.82, 2.24) is 0 Å². The van der Waals surface area contributed by atoms with Crippen molar-refractivity contribution in [2.75, 3.05) is 0 Å². The van der Waals surface area contributed by atoms with Crippen molar-refractivity contribution in [3.8, 4) is 0 Å². The van der Waals surface area contributed by atoms with E-state index < -0.39 is 0 Å². The highest BCUT2D eigenvalue weighted by Gasteiger charge is 2.00. The molecule has 1 rings (SSSR count). The largest absolute Gasteiger partial charge is 0.0625 e. The van der Waals surface area contributed by atoms with E-state index in [1.807, 2.05) is 19.1 Å². The van der Waals surface area contributed by atoms with E-state index in [4.69, 9.17) is 5.53 Å². The molecule has 0 saturated carbocycles. The van der Waals surface area contributed by atoms with Crippen LogP contribution < -0.4 is 0 Å². The van der Waals surface area contributed by atoms with Gasteiger partial charge in [-0.05, 0) is 42.5 Å². The predicted molar refractivity (Wildman–Crippen MR) is 58.5 cm³/mol. The molecule has 74 valence electrons. The predicted octanol–water partition coefficient (Wildman–Crippen LogP) is 4.14. The van der Waals surface area contributed by atoms with Crippen molar-refractivity contribution in [3.63, 3.8) is 0 Å². The molecule has 0 heterocycles. The third-order valence-corrected chi connectivity index (χ3v) is 1.93. The number of rotatable bonds is 3. The first-order valence-corrected chi connectivity index (χ1v) is 4.77. The Morgan fingerprint density at radius 1 is 1.36 bits per heavy atom. The third kappa shape index (κ3) is 3.11. The molecular weight excluding hydrogens is 174 g/mol. The van der Waals surface area contributed by atoms with E-state index in [-0.39, 0.29) is 0 Å². The Labute approximate surface area is 84.4 Å². The van der Waals surface area contributed by atoms with Crippen molar-refractivity contribution in [2.24, 2.45) is 11.0 Å². The van der Waals surface area contributed by atoms with Gasteiger partial charge in [0, 0.05) is 10.6 Å². The second-order valence-electron chi connectivity index (χ2n) is 3.96. The summed E-state index contributed by atoms with van der Waals surface area (Å²) >= 11 is 0. The van der Waals surface area contributed by atoms with Gasteiger partial charge in [0.1, 0.15) is 0 Å². The van der Waals surface area contributed by atoms with Crippen LogP contribution in [0.5, 0.6) is 0 Å². The minimum absolute atomic E-state index is 0.621. The molecule has 0 fully saturated rings. The fourth-order valence-electron chi connectivity index (χ4n) is 1.54. The maximum Gasteiger partial charge on any atom is 0.0380 e. The van der Waals surface area contributed by atoms with E-state index in [0.717, 1.165) is 12.0 Å². The molecule has 0 amide bonds. The lowest BCUT2D eigenvalue weighted by Crippen LogP contribution is -1.93. The molecule has 3 heteroatoms. The van der Waals surface area contributed by atoms with E-state index in [1.165, 1.54) is 5.56 Å². The van der Waals surface area contributed by atoms with E-state index in [2.05, 4.69) is 29.9 Å². The zero-order valence-corrected chi connectivity index (χ0v) is 8.86. The summed E-state index contributed by atoms with van der Waals surface area (Å²) < 4.78 is 0. The summed E-state index contributed by atoms with van der Waals surface area (Å²) in [6.07, 6.45) is 1.02. The first-order valence-electron chi connectivity index (χ1n) is 4.77. The Morgan fingerprint density at radius 3 is 2.64 bits per heavy atom. The molecule has 14 heavy (non-hydrogen) atoms. The molecule has 0 aliphatic carbocycles. The van der Waals surface area contributed by atoms with Crippen molar-refractivity contribution in [3.05, 3.63) is 39.8 Å². The van der Waals surface area contributed by atoms with Crippen LogP contribution in [0.1, 0.15) is 25.0 Å². The van der Waals surface area contributed by atoms with Crippen LogP contribution in [0, 0.1) is 12.8 Å². The Bertz CT molecular complexity index is 363. The third-order valence-electron chi connectivity index (χ3n) is 1.93. The Morgan fingerprint density at radius 2 is 2.07 bits per heavy atom. The fraction of sp³-hybridized carbons (Fsp3) is 0.455. The smallest absolute Gasteiger partial charge is 0.0380 e. The Balaban J connectivity index is 3.00. The van der Waals surface area contributed by atoms with Crippen molar-refractivity contribution < 1.29 is 0 Å². The molecule has 0 aliphatic rings. The standard InChI is InChI=1S/C11H15N3/c1-8(2)4-10-5-9(3)6-11(7-10)13-14-12/h5-8H,4H2,1-3H3. The van der Waals surface area contributed by atoms with Crippen LogP contribution in [0.25, 0.3) is 10.4 Å². The second kappa shape index (κ2) is 4.68. The average molecular weight is 189 g/mol. The van der Waals surface area contributed by atoms with Crippen LogP contribution in [0.3, 0.4) is 0 Å². The molecule has 0 atom stereocenters. The van der Waals surface area contributed by atoms with Gasteiger partial charge in [0.15, 0.2) is 0 Å². The van der Waals surface area contributed by atoms with Crippen LogP contribution in [-0.2, 0) is 6.42 Å². The molecule has 0 spiro atoms. The van der Waals surface area contributed by atoms with Gasteiger partial charge in [0.25, 0.3) is 0 Å². The highest BCUT2D eigenvalue weighted by Crippen LogP contribution is 2.19. The van der Waals surface area contributed by atoms with Gasteiger partial charge in [-0.2, -0.15) is 0 Å². The lowest BCUT2D eigenvalue weighted by Gasteiger charge is -2.06. The number of azide groups is 1. The molecule has 3 nitrogen and oxygen atoms in total. The van der Waals surface area contributed by atoms with Crippen LogP contribution in [0.4, 0.5) is 5.69 Å². The van der Waals surface area contributed by atoms with Gasteiger partial charge < -0.3 is 0 Å². The minimum Gasteiger partial charge on any atom is -0.0625 e. The first-order chi connectivity index (χ1) is 6.61. The molecular formula is C11H15N3. The number of nitrogens with zero attached hydrogens (tertiary/aromatic N) is 3. The number of benzene rings is 1. The van der Waals surface area contributed by atoms with Gasteiger partial charge in [-0.15, -0.1) is 0 Å². The maximum atomic E-state index is 8.34. The average Bonchev–Trinajstić information content (AvgIpc) is 2.01. The summed E-state index contributed by atoms with van der Waals surface area (Å²) in [5, 5.41) is 3.62. The van der Waals surface area contributed by atoms with Crippen LogP contribution >= 0.6 is 0 Å². The Kier molecular flexibility index (Phi) is 3.55. The highest BCUT2D eigenvalue weighted by atomic mass is 15.1. The monoisotopic (exact) mass is 189 g/mol. The van der Waals surface area contributed by atoms with Crippen LogP contribution in [-0.4, -0.2) is 0 Å². The summed E-state index contributed by atoms with van der Waals surface area (Å²) in [4.78, 5) is 2.79. The molecule has 0 aromatic heterocycles. The number of hydrogen-bond acceptors (Lipinski definition) is 1. The summed E-state index contributed by atoms with van der Waals surface area (Å²) in [5.74, 6) is 0.621. The fourth-order valence-corrected chi connectivity index (χ4v) is 1.54. The zero-order chi connectivity index (χ0) is 10.6. The van der Waals surface area contributed by atoms with Crippen LogP contribution in [0.15, 0.2) is 23.3 Å². The number of aryl methyl sites for hydroxylation is 1. The molecule has 0 aliphatic heterocycles. The van der Waals surface area contributed by atoms with E-state index in [1.54, 1.807) is 0 Å². The minimum atomic E-state index is 0.621. The molecule has 0 radical (unpaired) electrons. The molecule has 1 aromatic rings. The highest BCUT2D eigenvalue weighted by molar-refractivity contribution is 5.43. The lowest BCUT2D eigenvalue weighted by molar-refractivity contribution is 0.647. The molecule has 0 N–H and O–H groups in total. The summed E-state index contributed by atoms with van der Waals surface area (Å²) in [7, 11) is 0. The molecule has 0 unspecified atom stereocenters. The zero-order valence-electron chi connectivity index (χ0n) is 8.86. The van der Waals surface area contributed by atoms with Gasteiger partial charge in [0.2, 0.25) is 0 Å². The van der Waals surface area contributed by atoms with E-state index in [0.29, 0.717) is 11.6 Å². The SMILES string of the molecule is Cc1cc(CC(C)C)cc(N=[N+]=[N-])c1. The van der Waals surface area contributed by atoms with E-state index >= 15 is 0 Å². The van der Waals surface area contributed by atoms with Crippen molar-refractivity contribution in [2.45, 2.75) is 27.2 Å². The molecule has 1 aromatic carbocycles. The Hall–Kier alpha value is -1.47. The molecule has 0 bridgehead atoms. The first kappa shape index (κ1) is 10.6. The van der Waals surface area contributed by atoms with Gasteiger partial charge in [0.05, 0.1) is 0 Å².